The Balaban J connectivity index is 1.67. The average Bonchev–Trinajstić information content (AvgIpc) is 3.03. The molecule has 2 aromatic rings. The van der Waals surface area contributed by atoms with E-state index < -0.39 is 0 Å². The summed E-state index contributed by atoms with van der Waals surface area (Å²) in [6.45, 7) is 3.98. The first-order chi connectivity index (χ1) is 10.2. The van der Waals surface area contributed by atoms with Crippen molar-refractivity contribution in [1.82, 2.24) is 15.0 Å². The summed E-state index contributed by atoms with van der Waals surface area (Å²) in [6.07, 6.45) is 7.28. The van der Waals surface area contributed by atoms with Crippen LogP contribution in [0.2, 0.25) is 0 Å². The number of carbonyl (C=O) groups is 1. The lowest BCUT2D eigenvalue weighted by Crippen LogP contribution is -2.18. The minimum absolute atomic E-state index is 0.283. The number of amides is 1. The number of anilines is 2. The first kappa shape index (κ1) is 13.5. The number of hydrogen-bond acceptors (Lipinski definition) is 5. The Morgan fingerprint density at radius 1 is 1.10 bits per heavy atom. The van der Waals surface area contributed by atoms with Crippen molar-refractivity contribution >= 4 is 17.4 Å². The van der Waals surface area contributed by atoms with Gasteiger partial charge in [0.05, 0.1) is 23.8 Å². The topological polar surface area (TPSA) is 71.0 Å². The fraction of sp³-hybridized carbons (Fsp3) is 0.333. The minimum atomic E-state index is -0.302. The maximum atomic E-state index is 12.0. The number of pyridine rings is 1. The van der Waals surface area contributed by atoms with Gasteiger partial charge in [-0.05, 0) is 31.9 Å². The van der Waals surface area contributed by atoms with Gasteiger partial charge in [0.15, 0.2) is 0 Å². The van der Waals surface area contributed by atoms with Crippen LogP contribution in [0.4, 0.5) is 11.5 Å². The summed E-state index contributed by atoms with van der Waals surface area (Å²) in [4.78, 5) is 26.7. The molecule has 0 aliphatic carbocycles. The van der Waals surface area contributed by atoms with Gasteiger partial charge in [-0.2, -0.15) is 0 Å². The maximum Gasteiger partial charge on any atom is 0.277 e. The fourth-order valence-electron chi connectivity index (χ4n) is 2.31. The second-order valence-corrected chi connectivity index (χ2v) is 5.09. The van der Waals surface area contributed by atoms with Gasteiger partial charge in [-0.25, -0.2) is 9.97 Å². The van der Waals surface area contributed by atoms with E-state index >= 15 is 0 Å². The molecule has 1 fully saturated rings. The number of hydrogen-bond donors (Lipinski definition) is 1. The van der Waals surface area contributed by atoms with Gasteiger partial charge in [0.2, 0.25) is 0 Å². The number of aromatic nitrogens is 3. The summed E-state index contributed by atoms with van der Waals surface area (Å²) in [7, 11) is 0. The summed E-state index contributed by atoms with van der Waals surface area (Å²) >= 11 is 0. The molecule has 21 heavy (non-hydrogen) atoms. The van der Waals surface area contributed by atoms with E-state index in [9.17, 15) is 4.79 Å². The van der Waals surface area contributed by atoms with Crippen LogP contribution in [-0.2, 0) is 0 Å². The molecule has 1 aliphatic heterocycles. The van der Waals surface area contributed by atoms with Crippen LogP contribution in [0.15, 0.2) is 30.7 Å². The van der Waals surface area contributed by atoms with Crippen molar-refractivity contribution in [2.75, 3.05) is 23.3 Å². The summed E-state index contributed by atoms with van der Waals surface area (Å²) in [6, 6.07) is 3.79. The highest BCUT2D eigenvalue weighted by atomic mass is 16.1. The van der Waals surface area contributed by atoms with Gasteiger partial charge < -0.3 is 10.2 Å². The molecule has 3 rings (SSSR count). The molecule has 1 N–H and O–H groups in total. The Morgan fingerprint density at radius 2 is 1.90 bits per heavy atom. The van der Waals surface area contributed by atoms with E-state index in [1.807, 2.05) is 19.1 Å². The van der Waals surface area contributed by atoms with E-state index in [1.165, 1.54) is 19.0 Å². The molecule has 1 aliphatic rings. The number of aryl methyl sites for hydroxylation is 1. The number of carbonyl (C=O) groups excluding carboxylic acids is 1. The molecule has 1 amide bonds. The smallest absolute Gasteiger partial charge is 0.277 e. The number of rotatable bonds is 3. The third-order valence-corrected chi connectivity index (χ3v) is 3.47. The molecule has 0 saturated carbocycles. The van der Waals surface area contributed by atoms with Crippen LogP contribution < -0.4 is 10.2 Å². The maximum absolute atomic E-state index is 12.0. The molecule has 6 heteroatoms. The normalized spacial score (nSPS) is 14.2. The van der Waals surface area contributed by atoms with E-state index in [1.54, 1.807) is 12.4 Å². The van der Waals surface area contributed by atoms with Crippen molar-refractivity contribution in [3.05, 3.63) is 42.1 Å². The van der Waals surface area contributed by atoms with Crippen LogP contribution in [0.1, 0.15) is 29.0 Å². The largest absolute Gasteiger partial charge is 0.370 e. The highest BCUT2D eigenvalue weighted by molar-refractivity contribution is 6.02. The lowest BCUT2D eigenvalue weighted by molar-refractivity contribution is 0.102. The third-order valence-electron chi connectivity index (χ3n) is 3.47. The molecule has 0 bridgehead atoms. The van der Waals surface area contributed by atoms with E-state index in [4.69, 9.17) is 0 Å². The second kappa shape index (κ2) is 5.87. The molecule has 3 heterocycles. The summed E-state index contributed by atoms with van der Waals surface area (Å²) in [5.41, 5.74) is 2.16. The molecular formula is C15H17N5O. The van der Waals surface area contributed by atoms with E-state index in [-0.39, 0.29) is 11.6 Å². The zero-order valence-corrected chi connectivity index (χ0v) is 11.9. The highest BCUT2D eigenvalue weighted by Gasteiger charge is 2.13. The van der Waals surface area contributed by atoms with E-state index in [2.05, 4.69) is 25.2 Å². The first-order valence-corrected chi connectivity index (χ1v) is 7.03. The van der Waals surface area contributed by atoms with Gasteiger partial charge in [-0.15, -0.1) is 0 Å². The van der Waals surface area contributed by atoms with Crippen LogP contribution in [0, 0.1) is 6.92 Å². The predicted molar refractivity (Wildman–Crippen MR) is 80.4 cm³/mol. The molecule has 2 aromatic heterocycles. The van der Waals surface area contributed by atoms with Gasteiger partial charge >= 0.3 is 0 Å². The van der Waals surface area contributed by atoms with E-state index in [0.29, 0.717) is 5.82 Å². The minimum Gasteiger partial charge on any atom is -0.370 e. The summed E-state index contributed by atoms with van der Waals surface area (Å²) in [5.74, 6) is 0.217. The van der Waals surface area contributed by atoms with Crippen molar-refractivity contribution in [3.8, 4) is 0 Å². The molecule has 0 unspecified atom stereocenters. The lowest BCUT2D eigenvalue weighted by atomic mass is 10.3. The zero-order valence-electron chi connectivity index (χ0n) is 11.9. The van der Waals surface area contributed by atoms with Gasteiger partial charge in [0, 0.05) is 19.3 Å². The molecule has 0 radical (unpaired) electrons. The standard InChI is InChI=1S/C15H17N5O/c1-11-8-17-13(10-16-11)15(21)19-14-5-4-12(9-18-14)20-6-2-3-7-20/h4-5,8-10H,2-3,6-7H2,1H3,(H,18,19,21). The van der Waals surface area contributed by atoms with Crippen LogP contribution in [-0.4, -0.2) is 33.9 Å². The van der Waals surface area contributed by atoms with E-state index in [0.717, 1.165) is 24.5 Å². The average molecular weight is 283 g/mol. The Morgan fingerprint density at radius 3 is 2.52 bits per heavy atom. The third kappa shape index (κ3) is 3.16. The number of nitrogens with zero attached hydrogens (tertiary/aromatic N) is 4. The summed E-state index contributed by atoms with van der Waals surface area (Å²) < 4.78 is 0. The molecule has 0 aromatic carbocycles. The van der Waals surface area contributed by atoms with Crippen molar-refractivity contribution in [1.29, 1.82) is 0 Å². The van der Waals surface area contributed by atoms with Gasteiger partial charge in [-0.3, -0.25) is 9.78 Å². The molecule has 0 atom stereocenters. The molecule has 6 nitrogen and oxygen atoms in total. The Bertz CT molecular complexity index is 618. The Hall–Kier alpha value is -2.50. The predicted octanol–water partition coefficient (Wildman–Crippen LogP) is 2.03. The van der Waals surface area contributed by atoms with Crippen molar-refractivity contribution < 1.29 is 4.79 Å². The fourth-order valence-corrected chi connectivity index (χ4v) is 2.31. The van der Waals surface area contributed by atoms with Crippen LogP contribution in [0.3, 0.4) is 0 Å². The Kier molecular flexibility index (Phi) is 3.77. The molecule has 1 saturated heterocycles. The zero-order chi connectivity index (χ0) is 14.7. The molecular weight excluding hydrogens is 266 g/mol. The monoisotopic (exact) mass is 283 g/mol. The molecule has 0 spiro atoms. The number of nitrogens with one attached hydrogen (secondary N) is 1. The SMILES string of the molecule is Cc1cnc(C(=O)Nc2ccc(N3CCCC3)cn2)cn1. The highest BCUT2D eigenvalue weighted by Crippen LogP contribution is 2.20. The van der Waals surface area contributed by atoms with Crippen LogP contribution >= 0.6 is 0 Å². The van der Waals surface area contributed by atoms with Crippen molar-refractivity contribution in [3.63, 3.8) is 0 Å². The second-order valence-electron chi connectivity index (χ2n) is 5.09. The van der Waals surface area contributed by atoms with Gasteiger partial charge in [0.25, 0.3) is 5.91 Å². The van der Waals surface area contributed by atoms with Crippen LogP contribution in [0.25, 0.3) is 0 Å². The van der Waals surface area contributed by atoms with Gasteiger partial charge in [0.1, 0.15) is 11.5 Å². The van der Waals surface area contributed by atoms with Gasteiger partial charge in [-0.1, -0.05) is 0 Å². The first-order valence-electron chi connectivity index (χ1n) is 7.03. The Labute approximate surface area is 123 Å². The quantitative estimate of drug-likeness (QED) is 0.933. The summed E-state index contributed by atoms with van der Waals surface area (Å²) in [5, 5.41) is 2.72. The van der Waals surface area contributed by atoms with Crippen molar-refractivity contribution in [2.24, 2.45) is 0 Å². The molecule has 108 valence electrons. The van der Waals surface area contributed by atoms with Crippen molar-refractivity contribution in [2.45, 2.75) is 19.8 Å². The lowest BCUT2D eigenvalue weighted by Gasteiger charge is -2.17. The van der Waals surface area contributed by atoms with Crippen LogP contribution in [0.5, 0.6) is 0 Å².